The second kappa shape index (κ2) is 9.45. The predicted octanol–water partition coefficient (Wildman–Crippen LogP) is 3.04. The van der Waals surface area contributed by atoms with Crippen LogP contribution < -0.4 is 10.6 Å². The van der Waals surface area contributed by atoms with Crippen molar-refractivity contribution in [3.63, 3.8) is 0 Å². The van der Waals surface area contributed by atoms with Crippen LogP contribution in [0.3, 0.4) is 0 Å². The molecule has 28 heavy (non-hydrogen) atoms. The molecule has 0 bridgehead atoms. The predicted molar refractivity (Wildman–Crippen MR) is 112 cm³/mol. The lowest BCUT2D eigenvalue weighted by Gasteiger charge is -2.28. The van der Waals surface area contributed by atoms with Crippen LogP contribution in [0.1, 0.15) is 19.8 Å². The lowest BCUT2D eigenvalue weighted by atomic mass is 10.1. The van der Waals surface area contributed by atoms with Crippen LogP contribution >= 0.6 is 11.8 Å². The second-order valence-corrected chi connectivity index (χ2v) is 7.59. The fourth-order valence-electron chi connectivity index (χ4n) is 3.11. The van der Waals surface area contributed by atoms with Crippen molar-refractivity contribution in [3.05, 3.63) is 42.5 Å². The van der Waals surface area contributed by atoms with Gasteiger partial charge < -0.3 is 10.6 Å². The van der Waals surface area contributed by atoms with E-state index in [2.05, 4.69) is 10.6 Å². The smallest absolute Gasteiger partial charge is 0.340 e. The zero-order valence-corrected chi connectivity index (χ0v) is 16.6. The van der Waals surface area contributed by atoms with Gasteiger partial charge in [-0.2, -0.15) is 0 Å². The van der Waals surface area contributed by atoms with Crippen molar-refractivity contribution in [2.45, 2.75) is 19.8 Å². The molecular formula is C20H24N4O3S. The maximum absolute atomic E-state index is 12.8. The summed E-state index contributed by atoms with van der Waals surface area (Å²) in [4.78, 5) is 36.2. The summed E-state index contributed by atoms with van der Waals surface area (Å²) in [6, 6.07) is 13.3. The fourth-order valence-corrected chi connectivity index (χ4v) is 3.88. The van der Waals surface area contributed by atoms with Crippen LogP contribution in [0.2, 0.25) is 0 Å². The summed E-state index contributed by atoms with van der Waals surface area (Å²) in [7, 11) is 0. The third-order valence-corrected chi connectivity index (χ3v) is 5.31. The first-order valence-electron chi connectivity index (χ1n) is 9.25. The number of nitrogens with one attached hydrogen (secondary N) is 2. The average molecular weight is 401 g/mol. The topological polar surface area (TPSA) is 81.8 Å². The number of fused-ring (bicyclic) bond motifs is 1. The van der Waals surface area contributed by atoms with E-state index in [1.807, 2.05) is 42.5 Å². The SMILES string of the molecule is CC(=O)NCSCCC(=O)N1CCCN1C(=O)Nc1cccc2ccccc12. The molecule has 0 saturated carbocycles. The molecular weight excluding hydrogens is 376 g/mol. The Morgan fingerprint density at radius 3 is 2.61 bits per heavy atom. The van der Waals surface area contributed by atoms with Gasteiger partial charge in [-0.05, 0) is 17.9 Å². The number of thioether (sulfide) groups is 1. The standard InChI is InChI=1S/C20H24N4O3S/c1-15(25)21-14-28-13-10-19(26)23-11-5-12-24(23)20(27)22-18-9-4-7-16-6-2-3-8-17(16)18/h2-4,6-9H,5,10-14H2,1H3,(H,21,25)(H,22,27). The quantitative estimate of drug-likeness (QED) is 0.577. The van der Waals surface area contributed by atoms with Gasteiger partial charge in [-0.25, -0.2) is 14.8 Å². The molecule has 1 heterocycles. The second-order valence-electron chi connectivity index (χ2n) is 6.49. The molecule has 0 aliphatic carbocycles. The first kappa shape index (κ1) is 20.0. The lowest BCUT2D eigenvalue weighted by Crippen LogP contribution is -2.46. The highest BCUT2D eigenvalue weighted by atomic mass is 32.2. The average Bonchev–Trinajstić information content (AvgIpc) is 3.18. The molecule has 2 N–H and O–H groups in total. The van der Waals surface area contributed by atoms with E-state index in [9.17, 15) is 14.4 Å². The Balaban J connectivity index is 1.58. The molecule has 8 heteroatoms. The molecule has 7 nitrogen and oxygen atoms in total. The number of hydrazine groups is 1. The molecule has 3 rings (SSSR count). The van der Waals surface area contributed by atoms with Gasteiger partial charge in [0.15, 0.2) is 0 Å². The van der Waals surface area contributed by atoms with Crippen molar-refractivity contribution >= 4 is 46.1 Å². The highest BCUT2D eigenvalue weighted by Gasteiger charge is 2.30. The maximum atomic E-state index is 12.8. The van der Waals surface area contributed by atoms with E-state index in [0.717, 1.165) is 22.9 Å². The molecule has 0 spiro atoms. The Morgan fingerprint density at radius 1 is 1.04 bits per heavy atom. The number of urea groups is 1. The molecule has 1 aliphatic heterocycles. The Hall–Kier alpha value is -2.74. The minimum atomic E-state index is -0.298. The minimum absolute atomic E-state index is 0.0825. The van der Waals surface area contributed by atoms with Crippen molar-refractivity contribution in [2.75, 3.05) is 30.0 Å². The molecule has 0 radical (unpaired) electrons. The van der Waals surface area contributed by atoms with Gasteiger partial charge in [-0.3, -0.25) is 9.59 Å². The monoisotopic (exact) mass is 400 g/mol. The van der Waals surface area contributed by atoms with E-state index >= 15 is 0 Å². The zero-order valence-electron chi connectivity index (χ0n) is 15.8. The van der Waals surface area contributed by atoms with Crippen LogP contribution in [0.5, 0.6) is 0 Å². The molecule has 0 atom stereocenters. The Bertz CT molecular complexity index is 868. The first-order chi connectivity index (χ1) is 13.6. The molecule has 1 fully saturated rings. The number of rotatable bonds is 6. The van der Waals surface area contributed by atoms with Crippen molar-refractivity contribution in [3.8, 4) is 0 Å². The number of carbonyl (C=O) groups excluding carboxylic acids is 3. The normalized spacial score (nSPS) is 13.6. The zero-order chi connectivity index (χ0) is 19.9. The molecule has 0 aromatic heterocycles. The number of nitrogens with zero attached hydrogens (tertiary/aromatic N) is 2. The van der Waals surface area contributed by atoms with Gasteiger partial charge in [0.25, 0.3) is 0 Å². The molecule has 4 amide bonds. The number of amides is 4. The highest BCUT2D eigenvalue weighted by molar-refractivity contribution is 7.99. The van der Waals surface area contributed by atoms with Crippen molar-refractivity contribution in [1.29, 1.82) is 0 Å². The summed E-state index contributed by atoms with van der Waals surface area (Å²) in [5.41, 5.74) is 0.730. The van der Waals surface area contributed by atoms with Gasteiger partial charge in [0, 0.05) is 37.6 Å². The van der Waals surface area contributed by atoms with Gasteiger partial charge in [0.1, 0.15) is 0 Å². The Morgan fingerprint density at radius 2 is 1.79 bits per heavy atom. The number of carbonyl (C=O) groups is 3. The summed E-state index contributed by atoms with van der Waals surface area (Å²) in [6.07, 6.45) is 1.08. The van der Waals surface area contributed by atoms with E-state index in [0.29, 0.717) is 31.1 Å². The van der Waals surface area contributed by atoms with Gasteiger partial charge in [0.2, 0.25) is 11.8 Å². The third-order valence-electron chi connectivity index (χ3n) is 4.47. The van der Waals surface area contributed by atoms with Crippen molar-refractivity contribution < 1.29 is 14.4 Å². The summed E-state index contributed by atoms with van der Waals surface area (Å²) in [6.45, 7) is 2.52. The molecule has 1 aliphatic rings. The van der Waals surface area contributed by atoms with Crippen LogP contribution in [-0.2, 0) is 9.59 Å². The molecule has 2 aromatic rings. The first-order valence-corrected chi connectivity index (χ1v) is 10.4. The van der Waals surface area contributed by atoms with Gasteiger partial charge >= 0.3 is 6.03 Å². The van der Waals surface area contributed by atoms with Crippen LogP contribution in [0.4, 0.5) is 10.5 Å². The van der Waals surface area contributed by atoms with Crippen LogP contribution in [-0.4, -0.2) is 52.6 Å². The summed E-state index contributed by atoms with van der Waals surface area (Å²) in [5.74, 6) is 0.901. The summed E-state index contributed by atoms with van der Waals surface area (Å²) < 4.78 is 0. The highest BCUT2D eigenvalue weighted by Crippen LogP contribution is 2.24. The van der Waals surface area contributed by atoms with E-state index < -0.39 is 0 Å². The van der Waals surface area contributed by atoms with Gasteiger partial charge in [-0.1, -0.05) is 36.4 Å². The molecule has 1 saturated heterocycles. The van der Waals surface area contributed by atoms with Crippen molar-refractivity contribution in [2.24, 2.45) is 0 Å². The number of hydrogen-bond donors (Lipinski definition) is 2. The maximum Gasteiger partial charge on any atom is 0.340 e. The number of anilines is 1. The van der Waals surface area contributed by atoms with Crippen LogP contribution in [0.25, 0.3) is 10.8 Å². The van der Waals surface area contributed by atoms with Crippen LogP contribution in [0, 0.1) is 0 Å². The Labute approximate surface area is 168 Å². The summed E-state index contributed by atoms with van der Waals surface area (Å²) in [5, 5.41) is 10.6. The fraction of sp³-hybridized carbons (Fsp3) is 0.350. The minimum Gasteiger partial charge on any atom is -0.347 e. The van der Waals surface area contributed by atoms with Gasteiger partial charge in [-0.15, -0.1) is 11.8 Å². The largest absolute Gasteiger partial charge is 0.347 e. The van der Waals surface area contributed by atoms with E-state index in [4.69, 9.17) is 0 Å². The van der Waals surface area contributed by atoms with Crippen molar-refractivity contribution in [1.82, 2.24) is 15.3 Å². The van der Waals surface area contributed by atoms with Crippen LogP contribution in [0.15, 0.2) is 42.5 Å². The molecule has 2 aromatic carbocycles. The van der Waals surface area contributed by atoms with E-state index in [1.165, 1.54) is 28.7 Å². The van der Waals surface area contributed by atoms with Gasteiger partial charge in [0.05, 0.1) is 11.6 Å². The third kappa shape index (κ3) is 4.95. The van der Waals surface area contributed by atoms with E-state index in [1.54, 1.807) is 0 Å². The van der Waals surface area contributed by atoms with E-state index in [-0.39, 0.29) is 17.8 Å². The lowest BCUT2D eigenvalue weighted by molar-refractivity contribution is -0.139. The molecule has 148 valence electrons. The Kier molecular flexibility index (Phi) is 6.76. The molecule has 0 unspecified atom stereocenters. The number of hydrogen-bond acceptors (Lipinski definition) is 4. The summed E-state index contributed by atoms with van der Waals surface area (Å²) >= 11 is 1.48. The number of benzene rings is 2.